The van der Waals surface area contributed by atoms with Crippen molar-refractivity contribution in [3.05, 3.63) is 33.8 Å². The highest BCUT2D eigenvalue weighted by atomic mass is 79.9. The van der Waals surface area contributed by atoms with Gasteiger partial charge in [0, 0.05) is 17.1 Å². The van der Waals surface area contributed by atoms with Crippen LogP contribution in [0.25, 0.3) is 0 Å². The summed E-state index contributed by atoms with van der Waals surface area (Å²) in [5, 5.41) is 12.6. The van der Waals surface area contributed by atoms with E-state index in [-0.39, 0.29) is 12.6 Å². The first-order valence-corrected chi connectivity index (χ1v) is 6.43. The maximum Gasteiger partial charge on any atom is 0.0587 e. The van der Waals surface area contributed by atoms with Gasteiger partial charge in [0.05, 0.1) is 6.61 Å². The normalized spacial score (nSPS) is 13.1. The molecular weight excluding hydrogens is 266 g/mol. The van der Waals surface area contributed by atoms with E-state index in [0.29, 0.717) is 5.92 Å². The first kappa shape index (κ1) is 13.7. The minimum Gasteiger partial charge on any atom is -0.395 e. The van der Waals surface area contributed by atoms with Gasteiger partial charge in [0.15, 0.2) is 0 Å². The van der Waals surface area contributed by atoms with Crippen molar-refractivity contribution in [3.8, 4) is 0 Å². The van der Waals surface area contributed by atoms with Crippen molar-refractivity contribution in [1.29, 1.82) is 0 Å². The molecule has 0 heterocycles. The highest BCUT2D eigenvalue weighted by Crippen LogP contribution is 2.17. The monoisotopic (exact) mass is 285 g/mol. The van der Waals surface area contributed by atoms with Crippen LogP contribution in [-0.2, 0) is 6.54 Å². The molecule has 0 saturated carbocycles. The van der Waals surface area contributed by atoms with Crippen molar-refractivity contribution in [1.82, 2.24) is 5.32 Å². The van der Waals surface area contributed by atoms with E-state index in [0.717, 1.165) is 11.0 Å². The van der Waals surface area contributed by atoms with Gasteiger partial charge in [0.25, 0.3) is 0 Å². The van der Waals surface area contributed by atoms with Crippen LogP contribution < -0.4 is 5.32 Å². The van der Waals surface area contributed by atoms with Gasteiger partial charge in [-0.2, -0.15) is 0 Å². The number of hydrogen-bond acceptors (Lipinski definition) is 2. The maximum absolute atomic E-state index is 9.20. The molecule has 0 aliphatic heterocycles. The Hall–Kier alpha value is -0.380. The zero-order valence-corrected chi connectivity index (χ0v) is 11.7. The molecule has 1 rings (SSSR count). The molecule has 1 aromatic rings. The smallest absolute Gasteiger partial charge is 0.0587 e. The quantitative estimate of drug-likeness (QED) is 0.872. The van der Waals surface area contributed by atoms with E-state index in [4.69, 9.17) is 0 Å². The fourth-order valence-electron chi connectivity index (χ4n) is 1.58. The zero-order valence-electron chi connectivity index (χ0n) is 10.1. The third-order valence-corrected chi connectivity index (χ3v) is 3.68. The Kier molecular flexibility index (Phi) is 5.46. The molecule has 0 amide bonds. The minimum absolute atomic E-state index is 0.170. The number of benzene rings is 1. The van der Waals surface area contributed by atoms with E-state index in [2.05, 4.69) is 60.2 Å². The lowest BCUT2D eigenvalue weighted by atomic mass is 10.0. The number of halogens is 1. The molecular formula is C13H20BrNO. The van der Waals surface area contributed by atoms with Gasteiger partial charge in [-0.25, -0.2) is 0 Å². The third kappa shape index (κ3) is 3.89. The summed E-state index contributed by atoms with van der Waals surface area (Å²) in [7, 11) is 0. The Balaban J connectivity index is 2.57. The first-order valence-electron chi connectivity index (χ1n) is 5.64. The van der Waals surface area contributed by atoms with Crippen LogP contribution >= 0.6 is 15.9 Å². The van der Waals surface area contributed by atoms with Gasteiger partial charge in [-0.1, -0.05) is 41.9 Å². The SMILES string of the molecule is Cc1cc(CNC(CO)C(C)C)ccc1Br. The van der Waals surface area contributed by atoms with Gasteiger partial charge in [-0.05, 0) is 30.0 Å². The lowest BCUT2D eigenvalue weighted by molar-refractivity contribution is 0.210. The molecule has 1 atom stereocenters. The predicted molar refractivity (Wildman–Crippen MR) is 71.4 cm³/mol. The molecule has 90 valence electrons. The molecule has 1 unspecified atom stereocenters. The second-order valence-electron chi connectivity index (χ2n) is 4.50. The summed E-state index contributed by atoms with van der Waals surface area (Å²) in [4.78, 5) is 0. The van der Waals surface area contributed by atoms with Crippen LogP contribution in [0.3, 0.4) is 0 Å². The van der Waals surface area contributed by atoms with E-state index in [9.17, 15) is 5.11 Å². The van der Waals surface area contributed by atoms with Crippen molar-refractivity contribution in [3.63, 3.8) is 0 Å². The Morgan fingerprint density at radius 1 is 1.38 bits per heavy atom. The Bertz CT molecular complexity index is 339. The number of nitrogens with one attached hydrogen (secondary N) is 1. The number of hydrogen-bond donors (Lipinski definition) is 2. The zero-order chi connectivity index (χ0) is 12.1. The van der Waals surface area contributed by atoms with Crippen molar-refractivity contribution >= 4 is 15.9 Å². The summed E-state index contributed by atoms with van der Waals surface area (Å²) in [6, 6.07) is 6.49. The topological polar surface area (TPSA) is 32.3 Å². The van der Waals surface area contributed by atoms with Crippen molar-refractivity contribution in [2.45, 2.75) is 33.4 Å². The molecule has 0 radical (unpaired) electrons. The summed E-state index contributed by atoms with van der Waals surface area (Å²) in [6.07, 6.45) is 0. The molecule has 2 N–H and O–H groups in total. The summed E-state index contributed by atoms with van der Waals surface area (Å²) < 4.78 is 1.14. The van der Waals surface area contributed by atoms with Crippen LogP contribution in [0, 0.1) is 12.8 Å². The van der Waals surface area contributed by atoms with Crippen LogP contribution in [-0.4, -0.2) is 17.8 Å². The van der Waals surface area contributed by atoms with Gasteiger partial charge in [0.2, 0.25) is 0 Å². The average Bonchev–Trinajstić information content (AvgIpc) is 2.23. The van der Waals surface area contributed by atoms with E-state index in [1.54, 1.807) is 0 Å². The number of aliphatic hydroxyl groups excluding tert-OH is 1. The van der Waals surface area contributed by atoms with Crippen LogP contribution in [0.1, 0.15) is 25.0 Å². The highest BCUT2D eigenvalue weighted by molar-refractivity contribution is 9.10. The summed E-state index contributed by atoms with van der Waals surface area (Å²) in [6.45, 7) is 7.30. The Labute approximate surface area is 106 Å². The molecule has 0 aliphatic rings. The maximum atomic E-state index is 9.20. The first-order chi connectivity index (χ1) is 7.54. The molecule has 0 saturated heterocycles. The fourth-order valence-corrected chi connectivity index (χ4v) is 1.82. The fraction of sp³-hybridized carbons (Fsp3) is 0.538. The lowest BCUT2D eigenvalue weighted by Crippen LogP contribution is -2.36. The summed E-state index contributed by atoms with van der Waals surface area (Å²) in [5.41, 5.74) is 2.49. The summed E-state index contributed by atoms with van der Waals surface area (Å²) in [5.74, 6) is 0.446. The van der Waals surface area contributed by atoms with Gasteiger partial charge in [-0.15, -0.1) is 0 Å². The summed E-state index contributed by atoms with van der Waals surface area (Å²) >= 11 is 3.49. The lowest BCUT2D eigenvalue weighted by Gasteiger charge is -2.20. The molecule has 16 heavy (non-hydrogen) atoms. The van der Waals surface area contributed by atoms with Gasteiger partial charge >= 0.3 is 0 Å². The molecule has 0 bridgehead atoms. The Morgan fingerprint density at radius 2 is 2.06 bits per heavy atom. The second-order valence-corrected chi connectivity index (χ2v) is 5.35. The highest BCUT2D eigenvalue weighted by Gasteiger charge is 2.10. The molecule has 2 nitrogen and oxygen atoms in total. The van der Waals surface area contributed by atoms with E-state index in [1.807, 2.05) is 0 Å². The van der Waals surface area contributed by atoms with E-state index >= 15 is 0 Å². The molecule has 1 aromatic carbocycles. The van der Waals surface area contributed by atoms with Crippen molar-refractivity contribution in [2.24, 2.45) is 5.92 Å². The molecule has 0 spiro atoms. The molecule has 0 fully saturated rings. The van der Waals surface area contributed by atoms with Gasteiger partial charge < -0.3 is 10.4 Å². The van der Waals surface area contributed by atoms with Gasteiger partial charge in [-0.3, -0.25) is 0 Å². The van der Waals surface area contributed by atoms with Crippen LogP contribution in [0.5, 0.6) is 0 Å². The van der Waals surface area contributed by atoms with Crippen molar-refractivity contribution in [2.75, 3.05) is 6.61 Å². The number of rotatable bonds is 5. The third-order valence-electron chi connectivity index (χ3n) is 2.79. The number of aryl methyl sites for hydroxylation is 1. The largest absolute Gasteiger partial charge is 0.395 e. The number of aliphatic hydroxyl groups is 1. The van der Waals surface area contributed by atoms with Crippen LogP contribution in [0.4, 0.5) is 0 Å². The van der Waals surface area contributed by atoms with Crippen LogP contribution in [0.2, 0.25) is 0 Å². The molecule has 0 aliphatic carbocycles. The second kappa shape index (κ2) is 6.38. The molecule has 0 aromatic heterocycles. The predicted octanol–water partition coefficient (Wildman–Crippen LogP) is 2.86. The van der Waals surface area contributed by atoms with Crippen LogP contribution in [0.15, 0.2) is 22.7 Å². The average molecular weight is 286 g/mol. The Morgan fingerprint density at radius 3 is 2.56 bits per heavy atom. The van der Waals surface area contributed by atoms with E-state index in [1.165, 1.54) is 11.1 Å². The van der Waals surface area contributed by atoms with Gasteiger partial charge in [0.1, 0.15) is 0 Å². The van der Waals surface area contributed by atoms with E-state index < -0.39 is 0 Å². The van der Waals surface area contributed by atoms with Crippen molar-refractivity contribution < 1.29 is 5.11 Å². The standard InChI is InChI=1S/C13H20BrNO/c1-9(2)13(8-16)15-7-11-4-5-12(14)10(3)6-11/h4-6,9,13,15-16H,7-8H2,1-3H3. The minimum atomic E-state index is 0.170. The molecule has 3 heteroatoms.